The van der Waals surface area contributed by atoms with Crippen molar-refractivity contribution in [2.24, 2.45) is 11.8 Å². The van der Waals surface area contributed by atoms with Crippen LogP contribution in [0.15, 0.2) is 0 Å². The Morgan fingerprint density at radius 1 is 1.10 bits per heavy atom. The number of hydrogen-bond donors (Lipinski definition) is 1. The Morgan fingerprint density at radius 2 is 1.85 bits per heavy atom. The van der Waals surface area contributed by atoms with Gasteiger partial charge in [0.2, 0.25) is 0 Å². The normalized spacial score (nSPS) is 42.1. The maximum absolute atomic E-state index is 3.95. The predicted molar refractivity (Wildman–Crippen MR) is 86.0 cm³/mol. The van der Waals surface area contributed by atoms with Gasteiger partial charge in [0.25, 0.3) is 0 Å². The van der Waals surface area contributed by atoms with E-state index in [-0.39, 0.29) is 0 Å². The van der Waals surface area contributed by atoms with E-state index in [1.807, 2.05) is 0 Å². The van der Waals surface area contributed by atoms with Crippen molar-refractivity contribution < 1.29 is 0 Å². The summed E-state index contributed by atoms with van der Waals surface area (Å²) in [6.07, 6.45) is 11.4. The van der Waals surface area contributed by atoms with Gasteiger partial charge < -0.3 is 5.32 Å². The Bertz CT molecular complexity index is 321. The summed E-state index contributed by atoms with van der Waals surface area (Å²) in [6.45, 7) is 9.93. The Kier molecular flexibility index (Phi) is 4.42. The van der Waals surface area contributed by atoms with Gasteiger partial charge in [-0.05, 0) is 37.5 Å². The zero-order valence-electron chi connectivity index (χ0n) is 13.8. The van der Waals surface area contributed by atoms with E-state index < -0.39 is 0 Å². The third kappa shape index (κ3) is 2.66. The van der Waals surface area contributed by atoms with E-state index in [1.165, 1.54) is 64.5 Å². The zero-order chi connectivity index (χ0) is 14.2. The van der Waals surface area contributed by atoms with Gasteiger partial charge in [0.1, 0.15) is 0 Å². The first-order valence-corrected chi connectivity index (χ1v) is 9.16. The van der Waals surface area contributed by atoms with Gasteiger partial charge >= 0.3 is 0 Å². The molecule has 4 unspecified atom stereocenters. The fourth-order valence-electron chi connectivity index (χ4n) is 5.16. The lowest BCUT2D eigenvalue weighted by Crippen LogP contribution is -2.66. The molecule has 0 amide bonds. The number of piperazine rings is 1. The summed E-state index contributed by atoms with van der Waals surface area (Å²) < 4.78 is 0. The summed E-state index contributed by atoms with van der Waals surface area (Å²) in [5.41, 5.74) is 0.478. The van der Waals surface area contributed by atoms with Crippen LogP contribution in [0, 0.1) is 11.8 Å². The van der Waals surface area contributed by atoms with Gasteiger partial charge in [-0.1, -0.05) is 46.5 Å². The van der Waals surface area contributed by atoms with E-state index in [4.69, 9.17) is 0 Å². The van der Waals surface area contributed by atoms with Crippen molar-refractivity contribution >= 4 is 0 Å². The van der Waals surface area contributed by atoms with Crippen LogP contribution < -0.4 is 5.32 Å². The first-order valence-electron chi connectivity index (χ1n) is 9.16. The summed E-state index contributed by atoms with van der Waals surface area (Å²) in [4.78, 5) is 2.95. The standard InChI is InChI=1S/C18H34N2/c1-4-16-12-19-18(10-5-6-11-18)13-20(16)17-9-7-8-14(2)15(17)3/h14-17,19H,4-13H2,1-3H3. The first-order chi connectivity index (χ1) is 9.65. The molecule has 0 radical (unpaired) electrons. The minimum Gasteiger partial charge on any atom is -0.308 e. The second-order valence-corrected chi connectivity index (χ2v) is 7.94. The lowest BCUT2D eigenvalue weighted by Gasteiger charge is -2.52. The summed E-state index contributed by atoms with van der Waals surface area (Å²) in [7, 11) is 0. The molecule has 116 valence electrons. The molecule has 0 bridgehead atoms. The van der Waals surface area contributed by atoms with Gasteiger partial charge in [0.05, 0.1) is 0 Å². The fraction of sp³-hybridized carbons (Fsp3) is 1.00. The molecule has 2 saturated carbocycles. The molecule has 3 aliphatic rings. The van der Waals surface area contributed by atoms with Crippen LogP contribution in [0.4, 0.5) is 0 Å². The van der Waals surface area contributed by atoms with Gasteiger partial charge in [-0.15, -0.1) is 0 Å². The molecule has 3 rings (SSSR count). The minimum atomic E-state index is 0.478. The highest BCUT2D eigenvalue weighted by molar-refractivity contribution is 5.03. The van der Waals surface area contributed by atoms with Crippen molar-refractivity contribution in [1.29, 1.82) is 0 Å². The Morgan fingerprint density at radius 3 is 2.55 bits per heavy atom. The molecule has 0 aromatic heterocycles. The molecular weight excluding hydrogens is 244 g/mol. The zero-order valence-corrected chi connectivity index (χ0v) is 13.8. The van der Waals surface area contributed by atoms with E-state index in [2.05, 4.69) is 31.0 Å². The maximum Gasteiger partial charge on any atom is 0.0309 e. The highest BCUT2D eigenvalue weighted by atomic mass is 15.3. The average molecular weight is 278 g/mol. The SMILES string of the molecule is CCC1CNC2(CCCC2)CN1C1CCCC(C)C1C. The molecule has 0 aromatic rings. The van der Waals surface area contributed by atoms with Crippen molar-refractivity contribution in [2.75, 3.05) is 13.1 Å². The van der Waals surface area contributed by atoms with Crippen molar-refractivity contribution in [2.45, 2.75) is 89.8 Å². The maximum atomic E-state index is 3.95. The fourth-order valence-corrected chi connectivity index (χ4v) is 5.16. The van der Waals surface area contributed by atoms with Crippen LogP contribution in [-0.4, -0.2) is 35.6 Å². The Labute approximate surface area is 125 Å². The second kappa shape index (κ2) is 5.96. The molecule has 1 saturated heterocycles. The van der Waals surface area contributed by atoms with E-state index in [9.17, 15) is 0 Å². The molecule has 2 heteroatoms. The third-order valence-electron chi connectivity index (χ3n) is 6.79. The molecule has 1 N–H and O–H groups in total. The molecule has 1 spiro atoms. The van der Waals surface area contributed by atoms with Gasteiger partial charge in [-0.25, -0.2) is 0 Å². The van der Waals surface area contributed by atoms with Crippen LogP contribution in [0.2, 0.25) is 0 Å². The molecule has 1 heterocycles. The molecular formula is C18H34N2. The largest absolute Gasteiger partial charge is 0.308 e. The predicted octanol–water partition coefficient (Wildman–Crippen LogP) is 3.81. The van der Waals surface area contributed by atoms with Crippen LogP contribution in [0.1, 0.15) is 72.1 Å². The van der Waals surface area contributed by atoms with Crippen LogP contribution in [0.5, 0.6) is 0 Å². The van der Waals surface area contributed by atoms with E-state index in [0.29, 0.717) is 5.54 Å². The van der Waals surface area contributed by atoms with Crippen LogP contribution in [-0.2, 0) is 0 Å². The topological polar surface area (TPSA) is 15.3 Å². The lowest BCUT2D eigenvalue weighted by atomic mass is 9.75. The molecule has 4 atom stereocenters. The van der Waals surface area contributed by atoms with Crippen molar-refractivity contribution in [3.05, 3.63) is 0 Å². The van der Waals surface area contributed by atoms with Crippen molar-refractivity contribution in [3.63, 3.8) is 0 Å². The molecule has 20 heavy (non-hydrogen) atoms. The van der Waals surface area contributed by atoms with Crippen molar-refractivity contribution in [1.82, 2.24) is 10.2 Å². The lowest BCUT2D eigenvalue weighted by molar-refractivity contribution is -0.00666. The molecule has 1 aliphatic heterocycles. The van der Waals surface area contributed by atoms with Gasteiger partial charge in [0, 0.05) is 30.7 Å². The van der Waals surface area contributed by atoms with Gasteiger partial charge in [-0.2, -0.15) is 0 Å². The molecule has 0 aromatic carbocycles. The van der Waals surface area contributed by atoms with Crippen molar-refractivity contribution in [3.8, 4) is 0 Å². The minimum absolute atomic E-state index is 0.478. The second-order valence-electron chi connectivity index (χ2n) is 7.94. The van der Waals surface area contributed by atoms with E-state index in [1.54, 1.807) is 0 Å². The first kappa shape index (κ1) is 14.8. The van der Waals surface area contributed by atoms with E-state index in [0.717, 1.165) is 23.9 Å². The smallest absolute Gasteiger partial charge is 0.0309 e. The highest BCUT2D eigenvalue weighted by Gasteiger charge is 2.44. The Hall–Kier alpha value is -0.0800. The molecule has 2 nitrogen and oxygen atoms in total. The van der Waals surface area contributed by atoms with Crippen LogP contribution in [0.25, 0.3) is 0 Å². The monoisotopic (exact) mass is 278 g/mol. The summed E-state index contributed by atoms with van der Waals surface area (Å²) in [5, 5.41) is 3.95. The van der Waals surface area contributed by atoms with E-state index >= 15 is 0 Å². The Balaban J connectivity index is 1.76. The number of hydrogen-bond acceptors (Lipinski definition) is 2. The quantitative estimate of drug-likeness (QED) is 0.826. The number of nitrogens with zero attached hydrogens (tertiary/aromatic N) is 1. The number of rotatable bonds is 2. The third-order valence-corrected chi connectivity index (χ3v) is 6.79. The summed E-state index contributed by atoms with van der Waals surface area (Å²) in [6, 6.07) is 1.63. The number of nitrogens with one attached hydrogen (secondary N) is 1. The summed E-state index contributed by atoms with van der Waals surface area (Å²) in [5.74, 6) is 1.80. The summed E-state index contributed by atoms with van der Waals surface area (Å²) >= 11 is 0. The highest BCUT2D eigenvalue weighted by Crippen LogP contribution is 2.39. The van der Waals surface area contributed by atoms with Crippen LogP contribution >= 0.6 is 0 Å². The van der Waals surface area contributed by atoms with Crippen LogP contribution in [0.3, 0.4) is 0 Å². The average Bonchev–Trinajstić information content (AvgIpc) is 2.90. The molecule has 2 aliphatic carbocycles. The molecule has 3 fully saturated rings. The van der Waals surface area contributed by atoms with Gasteiger partial charge in [-0.3, -0.25) is 4.90 Å². The van der Waals surface area contributed by atoms with Gasteiger partial charge in [0.15, 0.2) is 0 Å².